The summed E-state index contributed by atoms with van der Waals surface area (Å²) in [6.45, 7) is 5.93. The second-order valence-corrected chi connectivity index (χ2v) is 5.32. The van der Waals surface area contributed by atoms with Crippen molar-refractivity contribution in [3.8, 4) is 0 Å². The van der Waals surface area contributed by atoms with E-state index in [-0.39, 0.29) is 16.9 Å². The van der Waals surface area contributed by atoms with Gasteiger partial charge in [-0.05, 0) is 25.2 Å². The fraction of sp³-hybridized carbons (Fsp3) is 0.727. The predicted octanol–water partition coefficient (Wildman–Crippen LogP) is 1.36. The Morgan fingerprint density at radius 3 is 2.53 bits per heavy atom. The second kappa shape index (κ2) is 2.98. The molecule has 0 spiro atoms. The van der Waals surface area contributed by atoms with Crippen LogP contribution in [0, 0.1) is 5.41 Å². The number of hydrogen-bond donors (Lipinski definition) is 3. The summed E-state index contributed by atoms with van der Waals surface area (Å²) < 4.78 is 0. The van der Waals surface area contributed by atoms with Crippen molar-refractivity contribution in [1.29, 1.82) is 0 Å². The minimum absolute atomic E-state index is 0.0671. The first-order valence-corrected chi connectivity index (χ1v) is 5.34. The molecular weight excluding hydrogens is 192 g/mol. The Morgan fingerprint density at radius 1 is 1.47 bits per heavy atom. The van der Waals surface area contributed by atoms with Gasteiger partial charge in [-0.3, -0.25) is 9.89 Å². The van der Waals surface area contributed by atoms with E-state index in [1.54, 1.807) is 6.20 Å². The highest BCUT2D eigenvalue weighted by Crippen LogP contribution is 2.52. The van der Waals surface area contributed by atoms with E-state index in [1.807, 2.05) is 20.8 Å². The molecule has 1 aromatic heterocycles. The lowest BCUT2D eigenvalue weighted by Crippen LogP contribution is -2.41. The van der Waals surface area contributed by atoms with Gasteiger partial charge in [0, 0.05) is 17.7 Å². The van der Waals surface area contributed by atoms with E-state index >= 15 is 0 Å². The summed E-state index contributed by atoms with van der Waals surface area (Å²) in [7, 11) is 0. The Hall–Kier alpha value is -1.03. The summed E-state index contributed by atoms with van der Waals surface area (Å²) >= 11 is 0. The van der Waals surface area contributed by atoms with Gasteiger partial charge in [0.25, 0.3) is 5.56 Å². The van der Waals surface area contributed by atoms with E-state index in [4.69, 9.17) is 0 Å². The zero-order chi connectivity index (χ0) is 11.3. The molecule has 15 heavy (non-hydrogen) atoms. The van der Waals surface area contributed by atoms with Crippen LogP contribution in [0.1, 0.15) is 45.1 Å². The average Bonchev–Trinajstić information content (AvgIpc) is 2.58. The minimum Gasteiger partial charge on any atom is -0.389 e. The molecule has 1 saturated carbocycles. The molecule has 0 radical (unpaired) electrons. The van der Waals surface area contributed by atoms with Gasteiger partial charge in [0.05, 0.1) is 5.60 Å². The molecule has 1 aliphatic rings. The molecule has 0 bridgehead atoms. The molecule has 0 aliphatic heterocycles. The number of H-pyrrole nitrogens is 2. The predicted molar refractivity (Wildman–Crippen MR) is 57.8 cm³/mol. The van der Waals surface area contributed by atoms with Gasteiger partial charge < -0.3 is 10.2 Å². The zero-order valence-electron chi connectivity index (χ0n) is 9.42. The maximum Gasteiger partial charge on any atom is 0.267 e. The maximum atomic E-state index is 11.5. The fourth-order valence-corrected chi connectivity index (χ4v) is 2.55. The lowest BCUT2D eigenvalue weighted by Gasteiger charge is -2.36. The number of aliphatic hydroxyl groups is 1. The molecule has 4 nitrogen and oxygen atoms in total. The van der Waals surface area contributed by atoms with Crippen molar-refractivity contribution in [2.75, 3.05) is 0 Å². The van der Waals surface area contributed by atoms with E-state index in [9.17, 15) is 9.90 Å². The summed E-state index contributed by atoms with van der Waals surface area (Å²) in [5, 5.41) is 15.7. The Labute approximate surface area is 88.7 Å². The average molecular weight is 210 g/mol. The third kappa shape index (κ3) is 1.35. The van der Waals surface area contributed by atoms with Crippen molar-refractivity contribution < 1.29 is 5.11 Å². The maximum absolute atomic E-state index is 11.5. The largest absolute Gasteiger partial charge is 0.389 e. The van der Waals surface area contributed by atoms with Gasteiger partial charge in [0.15, 0.2) is 0 Å². The van der Waals surface area contributed by atoms with E-state index < -0.39 is 5.60 Å². The van der Waals surface area contributed by atoms with Crippen molar-refractivity contribution >= 4 is 0 Å². The van der Waals surface area contributed by atoms with Gasteiger partial charge in [-0.2, -0.15) is 0 Å². The first-order valence-electron chi connectivity index (χ1n) is 5.34. The highest BCUT2D eigenvalue weighted by atomic mass is 16.3. The molecule has 1 aliphatic carbocycles. The monoisotopic (exact) mass is 210 g/mol. The minimum atomic E-state index is -0.817. The normalized spacial score (nSPS) is 34.5. The SMILES string of the molecule is CC1(C)CC[C@@H](c2c[nH][nH]c2=O)[C@@]1(C)O. The van der Waals surface area contributed by atoms with Crippen LogP contribution in [0.3, 0.4) is 0 Å². The number of aromatic amines is 2. The molecule has 4 heteroatoms. The van der Waals surface area contributed by atoms with Crippen molar-refractivity contribution in [2.24, 2.45) is 5.41 Å². The van der Waals surface area contributed by atoms with Crippen molar-refractivity contribution in [1.82, 2.24) is 10.2 Å². The van der Waals surface area contributed by atoms with Gasteiger partial charge in [-0.1, -0.05) is 13.8 Å². The van der Waals surface area contributed by atoms with Crippen LogP contribution in [-0.2, 0) is 0 Å². The van der Waals surface area contributed by atoms with Crippen LogP contribution >= 0.6 is 0 Å². The standard InChI is InChI=1S/C11H18N2O2/c1-10(2)5-4-8(11(10,3)15)7-6-12-13-9(7)14/h6,8,15H,4-5H2,1-3H3,(H2,12,13,14)/t8-,11+/m0/s1. The molecule has 3 N–H and O–H groups in total. The summed E-state index contributed by atoms with van der Waals surface area (Å²) in [5.41, 5.74) is -0.396. The molecule has 0 amide bonds. The summed E-state index contributed by atoms with van der Waals surface area (Å²) in [6, 6.07) is 0. The van der Waals surface area contributed by atoms with E-state index in [0.29, 0.717) is 5.56 Å². The van der Waals surface area contributed by atoms with E-state index in [1.165, 1.54) is 0 Å². The van der Waals surface area contributed by atoms with Crippen molar-refractivity contribution in [3.05, 3.63) is 22.1 Å². The second-order valence-electron chi connectivity index (χ2n) is 5.32. The smallest absolute Gasteiger partial charge is 0.267 e. The summed E-state index contributed by atoms with van der Waals surface area (Å²) in [5.74, 6) is -0.0671. The number of aromatic nitrogens is 2. The third-order valence-electron chi connectivity index (χ3n) is 4.16. The first kappa shape index (κ1) is 10.5. The van der Waals surface area contributed by atoms with Crippen molar-refractivity contribution in [3.63, 3.8) is 0 Å². The summed E-state index contributed by atoms with van der Waals surface area (Å²) in [6.07, 6.45) is 3.47. The van der Waals surface area contributed by atoms with Crippen LogP contribution in [0.2, 0.25) is 0 Å². The molecule has 2 atom stereocenters. The lowest BCUT2D eigenvalue weighted by atomic mass is 9.74. The van der Waals surface area contributed by atoms with Gasteiger partial charge in [0.2, 0.25) is 0 Å². The van der Waals surface area contributed by atoms with Gasteiger partial charge in [-0.15, -0.1) is 0 Å². The fourth-order valence-electron chi connectivity index (χ4n) is 2.55. The number of nitrogens with one attached hydrogen (secondary N) is 2. The van der Waals surface area contributed by atoms with Crippen LogP contribution in [0.25, 0.3) is 0 Å². The molecule has 0 unspecified atom stereocenters. The first-order chi connectivity index (χ1) is 6.86. The quantitative estimate of drug-likeness (QED) is 0.655. The van der Waals surface area contributed by atoms with Crippen molar-refractivity contribution in [2.45, 2.75) is 45.1 Å². The lowest BCUT2D eigenvalue weighted by molar-refractivity contribution is -0.0385. The van der Waals surface area contributed by atoms with Crippen LogP contribution in [0.15, 0.2) is 11.0 Å². The van der Waals surface area contributed by atoms with Gasteiger partial charge in [-0.25, -0.2) is 0 Å². The third-order valence-corrected chi connectivity index (χ3v) is 4.16. The van der Waals surface area contributed by atoms with Crippen LogP contribution in [-0.4, -0.2) is 20.9 Å². The molecule has 0 aromatic carbocycles. The zero-order valence-corrected chi connectivity index (χ0v) is 9.42. The van der Waals surface area contributed by atoms with Gasteiger partial charge >= 0.3 is 0 Å². The molecular formula is C11H18N2O2. The summed E-state index contributed by atoms with van der Waals surface area (Å²) in [4.78, 5) is 11.5. The van der Waals surface area contributed by atoms with E-state index in [0.717, 1.165) is 12.8 Å². The molecule has 84 valence electrons. The topological polar surface area (TPSA) is 68.9 Å². The highest BCUT2D eigenvalue weighted by Gasteiger charge is 2.52. The molecule has 1 fully saturated rings. The van der Waals surface area contributed by atoms with Crippen LogP contribution in [0.4, 0.5) is 0 Å². The Bertz CT molecular complexity index is 414. The van der Waals surface area contributed by atoms with Crippen LogP contribution in [0.5, 0.6) is 0 Å². The molecule has 1 aromatic rings. The Kier molecular flexibility index (Phi) is 2.08. The Morgan fingerprint density at radius 2 is 2.13 bits per heavy atom. The number of hydrogen-bond acceptors (Lipinski definition) is 2. The van der Waals surface area contributed by atoms with E-state index in [2.05, 4.69) is 10.2 Å². The number of rotatable bonds is 1. The molecule has 1 heterocycles. The molecule has 2 rings (SSSR count). The highest BCUT2D eigenvalue weighted by molar-refractivity contribution is 5.21. The van der Waals surface area contributed by atoms with Gasteiger partial charge in [0.1, 0.15) is 0 Å². The molecule has 0 saturated heterocycles. The Balaban J connectivity index is 2.42. The van der Waals surface area contributed by atoms with Crippen LogP contribution < -0.4 is 5.56 Å².